The molecular formula is C21H21BrN2O5. The average Bonchev–Trinajstić information content (AvgIpc) is 2.86. The summed E-state index contributed by atoms with van der Waals surface area (Å²) in [7, 11) is 0. The molecule has 1 fully saturated rings. The molecule has 0 spiro atoms. The molecule has 0 saturated carbocycles. The topological polar surface area (TPSA) is 77.1 Å². The van der Waals surface area contributed by atoms with Gasteiger partial charge in [0.05, 0.1) is 19.8 Å². The first-order valence-corrected chi connectivity index (χ1v) is 10.2. The quantitative estimate of drug-likeness (QED) is 0.691. The van der Waals surface area contributed by atoms with E-state index >= 15 is 0 Å². The summed E-state index contributed by atoms with van der Waals surface area (Å²) in [6.07, 6.45) is 0.794. The smallest absolute Gasteiger partial charge is 0.325 e. The third kappa shape index (κ3) is 3.89. The summed E-state index contributed by atoms with van der Waals surface area (Å²) in [5.41, 5.74) is -0.520. The Balaban J connectivity index is 1.47. The molecule has 1 saturated heterocycles. The number of ether oxygens (including phenoxy) is 3. The molecule has 2 aliphatic heterocycles. The Kier molecular flexibility index (Phi) is 5.36. The number of urea groups is 1. The number of nitrogens with one attached hydrogen (secondary N) is 1. The number of hydrogen-bond donors (Lipinski definition) is 1. The van der Waals surface area contributed by atoms with Gasteiger partial charge in [-0.25, -0.2) is 4.79 Å². The Morgan fingerprint density at radius 2 is 1.93 bits per heavy atom. The number of hydrogen-bond acceptors (Lipinski definition) is 5. The van der Waals surface area contributed by atoms with E-state index in [1.54, 1.807) is 25.1 Å². The number of nitrogens with zero attached hydrogens (tertiary/aromatic N) is 1. The van der Waals surface area contributed by atoms with Crippen LogP contribution in [0.4, 0.5) is 4.79 Å². The molecule has 29 heavy (non-hydrogen) atoms. The van der Waals surface area contributed by atoms with Gasteiger partial charge in [-0.3, -0.25) is 9.69 Å². The summed E-state index contributed by atoms with van der Waals surface area (Å²) >= 11 is 3.38. The van der Waals surface area contributed by atoms with Crippen molar-refractivity contribution in [3.8, 4) is 17.2 Å². The average molecular weight is 461 g/mol. The summed E-state index contributed by atoms with van der Waals surface area (Å²) in [6, 6.07) is 12.3. The van der Waals surface area contributed by atoms with Crippen LogP contribution >= 0.6 is 15.9 Å². The summed E-state index contributed by atoms with van der Waals surface area (Å²) in [6.45, 7) is 3.18. The van der Waals surface area contributed by atoms with Gasteiger partial charge in [-0.15, -0.1) is 0 Å². The van der Waals surface area contributed by atoms with E-state index in [1.807, 2.05) is 24.3 Å². The minimum Gasteiger partial charge on any atom is -0.492 e. The van der Waals surface area contributed by atoms with Gasteiger partial charge in [-0.2, -0.15) is 0 Å². The van der Waals surface area contributed by atoms with Crippen LogP contribution in [0.1, 0.15) is 18.9 Å². The van der Waals surface area contributed by atoms with Gasteiger partial charge in [0.15, 0.2) is 11.5 Å². The van der Waals surface area contributed by atoms with Gasteiger partial charge in [0, 0.05) is 10.9 Å². The SMILES string of the molecule is CC1(c2ccc3c(c2)OCCCO3)NC(=O)N(CCOc2cccc(Br)c2)C1=O. The van der Waals surface area contributed by atoms with Crippen molar-refractivity contribution in [2.45, 2.75) is 18.9 Å². The zero-order chi connectivity index (χ0) is 20.4. The molecule has 0 radical (unpaired) electrons. The molecule has 8 heteroatoms. The number of halogens is 1. The van der Waals surface area contributed by atoms with E-state index in [1.165, 1.54) is 4.90 Å². The van der Waals surface area contributed by atoms with Crippen molar-refractivity contribution in [3.05, 3.63) is 52.5 Å². The lowest BCUT2D eigenvalue weighted by molar-refractivity contribution is -0.131. The number of imide groups is 1. The van der Waals surface area contributed by atoms with Crippen molar-refractivity contribution >= 4 is 27.9 Å². The summed E-state index contributed by atoms with van der Waals surface area (Å²) in [5.74, 6) is 1.57. The Hall–Kier alpha value is -2.74. The predicted octanol–water partition coefficient (Wildman–Crippen LogP) is 3.46. The van der Waals surface area contributed by atoms with Crippen molar-refractivity contribution in [1.82, 2.24) is 10.2 Å². The van der Waals surface area contributed by atoms with E-state index < -0.39 is 11.6 Å². The molecule has 0 aromatic heterocycles. The normalized spacial score (nSPS) is 21.0. The second-order valence-corrected chi connectivity index (χ2v) is 7.95. The largest absolute Gasteiger partial charge is 0.492 e. The van der Waals surface area contributed by atoms with E-state index in [0.29, 0.717) is 36.0 Å². The van der Waals surface area contributed by atoms with E-state index in [4.69, 9.17) is 14.2 Å². The van der Waals surface area contributed by atoms with Crippen LogP contribution in [-0.4, -0.2) is 43.2 Å². The number of fused-ring (bicyclic) bond motifs is 1. The third-order valence-electron chi connectivity index (χ3n) is 4.98. The van der Waals surface area contributed by atoms with Crippen molar-refractivity contribution in [1.29, 1.82) is 0 Å². The van der Waals surface area contributed by atoms with Crippen LogP contribution in [0.2, 0.25) is 0 Å². The first-order valence-electron chi connectivity index (χ1n) is 9.40. The van der Waals surface area contributed by atoms with Crippen LogP contribution in [-0.2, 0) is 10.3 Å². The molecule has 7 nitrogen and oxygen atoms in total. The monoisotopic (exact) mass is 460 g/mol. The van der Waals surface area contributed by atoms with Gasteiger partial charge in [0.2, 0.25) is 0 Å². The van der Waals surface area contributed by atoms with E-state index in [0.717, 1.165) is 10.9 Å². The zero-order valence-corrected chi connectivity index (χ0v) is 17.5. The minimum atomic E-state index is -1.17. The highest BCUT2D eigenvalue weighted by molar-refractivity contribution is 9.10. The van der Waals surface area contributed by atoms with Crippen LogP contribution in [0.25, 0.3) is 0 Å². The maximum atomic E-state index is 13.1. The van der Waals surface area contributed by atoms with Gasteiger partial charge < -0.3 is 19.5 Å². The molecule has 2 aliphatic rings. The molecule has 0 bridgehead atoms. The van der Waals surface area contributed by atoms with E-state index in [2.05, 4.69) is 21.2 Å². The zero-order valence-electron chi connectivity index (χ0n) is 15.9. The van der Waals surface area contributed by atoms with Crippen LogP contribution < -0.4 is 19.5 Å². The Bertz CT molecular complexity index is 950. The first kappa shape index (κ1) is 19.6. The highest BCUT2D eigenvalue weighted by atomic mass is 79.9. The van der Waals surface area contributed by atoms with Crippen molar-refractivity contribution in [3.63, 3.8) is 0 Å². The maximum Gasteiger partial charge on any atom is 0.325 e. The fraction of sp³-hybridized carbons (Fsp3) is 0.333. The fourth-order valence-electron chi connectivity index (χ4n) is 3.38. The number of amides is 3. The number of rotatable bonds is 5. The second-order valence-electron chi connectivity index (χ2n) is 7.03. The molecule has 2 aromatic carbocycles. The van der Waals surface area contributed by atoms with Gasteiger partial charge >= 0.3 is 6.03 Å². The van der Waals surface area contributed by atoms with Crippen molar-refractivity contribution in [2.24, 2.45) is 0 Å². The number of carbonyl (C=O) groups is 2. The predicted molar refractivity (Wildman–Crippen MR) is 109 cm³/mol. The summed E-state index contributed by atoms with van der Waals surface area (Å²) in [4.78, 5) is 26.7. The third-order valence-corrected chi connectivity index (χ3v) is 5.47. The fourth-order valence-corrected chi connectivity index (χ4v) is 3.76. The maximum absolute atomic E-state index is 13.1. The number of benzene rings is 2. The van der Waals surface area contributed by atoms with Crippen LogP contribution in [0.15, 0.2) is 46.9 Å². The molecule has 2 heterocycles. The molecule has 1 unspecified atom stereocenters. The molecule has 0 aliphatic carbocycles. The standard InChI is InChI=1S/C21H21BrN2O5/c1-21(14-6-7-17-18(12-14)29-10-3-9-28-17)19(25)24(20(26)23-21)8-11-27-16-5-2-4-15(22)13-16/h2,4-7,12-13H,3,8-11H2,1H3,(H,23,26). The molecule has 3 amide bonds. The number of carbonyl (C=O) groups excluding carboxylic acids is 2. The van der Waals surface area contributed by atoms with Crippen molar-refractivity contribution < 1.29 is 23.8 Å². The molecule has 4 rings (SSSR count). The lowest BCUT2D eigenvalue weighted by Gasteiger charge is -2.23. The molecule has 2 aromatic rings. The minimum absolute atomic E-state index is 0.150. The first-order chi connectivity index (χ1) is 14.0. The van der Waals surface area contributed by atoms with E-state index in [9.17, 15) is 9.59 Å². The highest BCUT2D eigenvalue weighted by Gasteiger charge is 2.49. The van der Waals surface area contributed by atoms with Gasteiger partial charge in [0.1, 0.15) is 17.9 Å². The Labute approximate surface area is 177 Å². The van der Waals surface area contributed by atoms with Gasteiger partial charge in [0.25, 0.3) is 5.91 Å². The summed E-state index contributed by atoms with van der Waals surface area (Å²) < 4.78 is 17.9. The Morgan fingerprint density at radius 3 is 2.72 bits per heavy atom. The molecule has 1 N–H and O–H groups in total. The lowest BCUT2D eigenvalue weighted by Crippen LogP contribution is -2.41. The van der Waals surface area contributed by atoms with Crippen LogP contribution in [0.5, 0.6) is 17.2 Å². The second kappa shape index (κ2) is 7.94. The van der Waals surface area contributed by atoms with Gasteiger partial charge in [-0.05, 0) is 42.8 Å². The van der Waals surface area contributed by atoms with E-state index in [-0.39, 0.29) is 19.1 Å². The van der Waals surface area contributed by atoms with Crippen LogP contribution in [0, 0.1) is 0 Å². The molecule has 1 atom stereocenters. The molecule has 152 valence electrons. The Morgan fingerprint density at radius 1 is 1.14 bits per heavy atom. The lowest BCUT2D eigenvalue weighted by atomic mass is 9.91. The van der Waals surface area contributed by atoms with Crippen LogP contribution in [0.3, 0.4) is 0 Å². The van der Waals surface area contributed by atoms with Gasteiger partial charge in [-0.1, -0.05) is 28.1 Å². The highest BCUT2D eigenvalue weighted by Crippen LogP contribution is 2.36. The summed E-state index contributed by atoms with van der Waals surface area (Å²) in [5, 5.41) is 2.80. The van der Waals surface area contributed by atoms with Crippen molar-refractivity contribution in [2.75, 3.05) is 26.4 Å². The molecular weight excluding hydrogens is 440 g/mol.